The first kappa shape index (κ1) is 14.4. The fraction of sp³-hybridized carbons (Fsp3) is 0.692. The number of nitrogens with one attached hydrogen (secondary N) is 1. The van der Waals surface area contributed by atoms with Crippen molar-refractivity contribution in [2.45, 2.75) is 44.6 Å². The third-order valence-electron chi connectivity index (χ3n) is 3.08. The Morgan fingerprint density at radius 2 is 1.89 bits per heavy atom. The van der Waals surface area contributed by atoms with Crippen LogP contribution in [0.3, 0.4) is 0 Å². The highest BCUT2D eigenvalue weighted by molar-refractivity contribution is 5.80. The molecule has 5 nitrogen and oxygen atoms in total. The molecular formula is C13H20N2O3. The summed E-state index contributed by atoms with van der Waals surface area (Å²) in [5.74, 6) is 1.25. The zero-order valence-electron chi connectivity index (χ0n) is 10.5. The highest BCUT2D eigenvalue weighted by atomic mass is 16.4. The number of carbonyl (C=O) groups is 2. The van der Waals surface area contributed by atoms with Gasteiger partial charge in [-0.2, -0.15) is 0 Å². The van der Waals surface area contributed by atoms with Crippen molar-refractivity contribution in [1.82, 2.24) is 10.2 Å². The molecule has 1 saturated carbocycles. The van der Waals surface area contributed by atoms with Gasteiger partial charge in [0, 0.05) is 6.04 Å². The molecule has 1 aliphatic carbocycles. The van der Waals surface area contributed by atoms with Gasteiger partial charge in [-0.05, 0) is 12.8 Å². The van der Waals surface area contributed by atoms with Gasteiger partial charge in [-0.1, -0.05) is 31.6 Å². The molecule has 0 saturated heterocycles. The van der Waals surface area contributed by atoms with E-state index >= 15 is 0 Å². The molecular weight excluding hydrogens is 232 g/mol. The Kier molecular flexibility index (Phi) is 6.06. The van der Waals surface area contributed by atoms with Crippen molar-refractivity contribution in [3.8, 4) is 12.3 Å². The van der Waals surface area contributed by atoms with E-state index in [-0.39, 0.29) is 25.2 Å². The van der Waals surface area contributed by atoms with Crippen LogP contribution in [-0.4, -0.2) is 41.1 Å². The van der Waals surface area contributed by atoms with Gasteiger partial charge in [-0.15, -0.1) is 6.42 Å². The van der Waals surface area contributed by atoms with E-state index in [0.29, 0.717) is 0 Å². The topological polar surface area (TPSA) is 69.6 Å². The Balaban J connectivity index is 2.49. The molecule has 0 aliphatic heterocycles. The van der Waals surface area contributed by atoms with Crippen molar-refractivity contribution >= 4 is 12.0 Å². The monoisotopic (exact) mass is 252 g/mol. The van der Waals surface area contributed by atoms with Gasteiger partial charge in [0.05, 0.1) is 6.54 Å². The van der Waals surface area contributed by atoms with Crippen LogP contribution in [-0.2, 0) is 4.79 Å². The van der Waals surface area contributed by atoms with Gasteiger partial charge in [-0.3, -0.25) is 4.79 Å². The zero-order chi connectivity index (χ0) is 13.4. The maximum atomic E-state index is 11.9. The molecule has 2 amide bonds. The van der Waals surface area contributed by atoms with E-state index in [2.05, 4.69) is 11.2 Å². The van der Waals surface area contributed by atoms with Crippen molar-refractivity contribution in [2.75, 3.05) is 13.1 Å². The van der Waals surface area contributed by atoms with E-state index in [1.54, 1.807) is 0 Å². The number of hydrogen-bond donors (Lipinski definition) is 2. The van der Waals surface area contributed by atoms with E-state index in [1.165, 1.54) is 12.8 Å². The van der Waals surface area contributed by atoms with E-state index in [4.69, 9.17) is 11.5 Å². The van der Waals surface area contributed by atoms with Crippen molar-refractivity contribution in [1.29, 1.82) is 0 Å². The third-order valence-corrected chi connectivity index (χ3v) is 3.08. The van der Waals surface area contributed by atoms with Crippen molar-refractivity contribution in [2.24, 2.45) is 0 Å². The van der Waals surface area contributed by atoms with Crippen LogP contribution in [0.2, 0.25) is 0 Å². The molecule has 0 spiro atoms. The van der Waals surface area contributed by atoms with Gasteiger partial charge in [0.1, 0.15) is 6.54 Å². The van der Waals surface area contributed by atoms with E-state index in [0.717, 1.165) is 30.6 Å². The quantitative estimate of drug-likeness (QED) is 0.587. The van der Waals surface area contributed by atoms with Gasteiger partial charge >= 0.3 is 12.0 Å². The Morgan fingerprint density at radius 1 is 1.28 bits per heavy atom. The van der Waals surface area contributed by atoms with Crippen LogP contribution in [0, 0.1) is 12.3 Å². The first-order valence-electron chi connectivity index (χ1n) is 6.34. The molecule has 0 aromatic carbocycles. The number of urea groups is 1. The second-order valence-electron chi connectivity index (χ2n) is 4.59. The lowest BCUT2D eigenvalue weighted by Crippen LogP contribution is -2.46. The standard InChI is InChI=1S/C13H20N2O3/c1-2-9-15(10-12(16)17)13(18)14-11-7-5-3-4-6-8-11/h1,11H,3-10H2,(H,14,18)(H,16,17). The Labute approximate surface area is 108 Å². The molecule has 0 radical (unpaired) electrons. The lowest BCUT2D eigenvalue weighted by molar-refractivity contribution is -0.137. The predicted octanol–water partition coefficient (Wildman–Crippen LogP) is 1.44. The summed E-state index contributed by atoms with van der Waals surface area (Å²) in [6.45, 7) is -0.340. The van der Waals surface area contributed by atoms with Gasteiger partial charge in [0.25, 0.3) is 0 Å². The molecule has 1 rings (SSSR count). The molecule has 0 atom stereocenters. The van der Waals surface area contributed by atoms with Gasteiger partial charge < -0.3 is 15.3 Å². The van der Waals surface area contributed by atoms with Crippen LogP contribution in [0.15, 0.2) is 0 Å². The Hall–Kier alpha value is -1.70. The summed E-state index contributed by atoms with van der Waals surface area (Å²) in [5, 5.41) is 11.6. The number of nitrogens with zero attached hydrogens (tertiary/aromatic N) is 1. The van der Waals surface area contributed by atoms with Crippen LogP contribution in [0.25, 0.3) is 0 Å². The lowest BCUT2D eigenvalue weighted by atomic mass is 10.1. The number of hydrogen-bond acceptors (Lipinski definition) is 2. The summed E-state index contributed by atoms with van der Waals surface area (Å²) in [4.78, 5) is 23.7. The van der Waals surface area contributed by atoms with Crippen LogP contribution < -0.4 is 5.32 Å². The number of rotatable bonds is 4. The molecule has 100 valence electrons. The normalized spacial score (nSPS) is 16.4. The number of aliphatic carboxylic acids is 1. The minimum absolute atomic E-state index is 0.0187. The molecule has 1 aliphatic rings. The van der Waals surface area contributed by atoms with Crippen LogP contribution in [0.5, 0.6) is 0 Å². The fourth-order valence-corrected chi connectivity index (χ4v) is 2.16. The third kappa shape index (κ3) is 5.09. The van der Waals surface area contributed by atoms with E-state index in [1.807, 2.05) is 0 Å². The van der Waals surface area contributed by atoms with E-state index < -0.39 is 5.97 Å². The average molecular weight is 252 g/mol. The molecule has 0 aromatic heterocycles. The first-order chi connectivity index (χ1) is 8.63. The summed E-state index contributed by atoms with van der Waals surface area (Å²) in [7, 11) is 0. The van der Waals surface area contributed by atoms with Gasteiger partial charge in [-0.25, -0.2) is 4.79 Å². The maximum absolute atomic E-state index is 11.9. The Morgan fingerprint density at radius 3 is 2.39 bits per heavy atom. The van der Waals surface area contributed by atoms with Gasteiger partial charge in [0.2, 0.25) is 0 Å². The first-order valence-corrected chi connectivity index (χ1v) is 6.34. The zero-order valence-corrected chi connectivity index (χ0v) is 10.5. The fourth-order valence-electron chi connectivity index (χ4n) is 2.16. The average Bonchev–Trinajstić information content (AvgIpc) is 2.56. The SMILES string of the molecule is C#CCN(CC(=O)O)C(=O)NC1CCCCCC1. The van der Waals surface area contributed by atoms with Crippen molar-refractivity contribution < 1.29 is 14.7 Å². The van der Waals surface area contributed by atoms with Crippen LogP contribution in [0.4, 0.5) is 4.79 Å². The summed E-state index contributed by atoms with van der Waals surface area (Å²) in [5.41, 5.74) is 0. The second-order valence-corrected chi connectivity index (χ2v) is 4.59. The largest absolute Gasteiger partial charge is 0.480 e. The summed E-state index contributed by atoms with van der Waals surface area (Å²) < 4.78 is 0. The highest BCUT2D eigenvalue weighted by Gasteiger charge is 2.20. The smallest absolute Gasteiger partial charge is 0.323 e. The number of carboxylic acid groups (broad SMARTS) is 1. The Bertz CT molecular complexity index is 328. The second kappa shape index (κ2) is 7.59. The van der Waals surface area contributed by atoms with Crippen molar-refractivity contribution in [3.05, 3.63) is 0 Å². The van der Waals surface area contributed by atoms with Crippen LogP contribution >= 0.6 is 0 Å². The van der Waals surface area contributed by atoms with Gasteiger partial charge in [0.15, 0.2) is 0 Å². The number of terminal acetylenes is 1. The van der Waals surface area contributed by atoms with Crippen molar-refractivity contribution in [3.63, 3.8) is 0 Å². The molecule has 0 unspecified atom stereocenters. The lowest BCUT2D eigenvalue weighted by Gasteiger charge is -2.23. The minimum Gasteiger partial charge on any atom is -0.480 e. The highest BCUT2D eigenvalue weighted by Crippen LogP contribution is 2.17. The molecule has 0 heterocycles. The number of amides is 2. The predicted molar refractivity (Wildman–Crippen MR) is 68.1 cm³/mol. The molecule has 2 N–H and O–H groups in total. The number of carboxylic acids is 1. The van der Waals surface area contributed by atoms with Crippen LogP contribution in [0.1, 0.15) is 38.5 Å². The molecule has 0 aromatic rings. The minimum atomic E-state index is -1.05. The van der Waals surface area contributed by atoms with E-state index in [9.17, 15) is 9.59 Å². The summed E-state index contributed by atoms with van der Waals surface area (Å²) in [6.07, 6.45) is 11.7. The summed E-state index contributed by atoms with van der Waals surface area (Å²) in [6, 6.07) is -0.226. The number of carbonyl (C=O) groups excluding carboxylic acids is 1. The molecule has 0 bridgehead atoms. The molecule has 5 heteroatoms. The molecule has 1 fully saturated rings. The molecule has 18 heavy (non-hydrogen) atoms. The maximum Gasteiger partial charge on any atom is 0.323 e. The summed E-state index contributed by atoms with van der Waals surface area (Å²) >= 11 is 0.